The summed E-state index contributed by atoms with van der Waals surface area (Å²) in [6.07, 6.45) is 1.68. The molecule has 9 heteroatoms. The fourth-order valence-corrected chi connectivity index (χ4v) is 4.18. The first-order valence-corrected chi connectivity index (χ1v) is 11.8. The van der Waals surface area contributed by atoms with Crippen LogP contribution in [-0.4, -0.2) is 61.4 Å². The van der Waals surface area contributed by atoms with Crippen LogP contribution in [0.2, 0.25) is 5.02 Å². The Bertz CT molecular complexity index is 1170. The molecule has 35 heavy (non-hydrogen) atoms. The summed E-state index contributed by atoms with van der Waals surface area (Å²) < 4.78 is 10.8. The van der Waals surface area contributed by atoms with Crippen LogP contribution in [0.25, 0.3) is 0 Å². The van der Waals surface area contributed by atoms with E-state index in [1.165, 1.54) is 7.11 Å². The zero-order valence-electron chi connectivity index (χ0n) is 19.8. The van der Waals surface area contributed by atoms with Gasteiger partial charge in [0.15, 0.2) is 0 Å². The number of halogens is 1. The minimum atomic E-state index is -0.354. The van der Waals surface area contributed by atoms with Crippen LogP contribution in [0.4, 0.5) is 11.4 Å². The highest BCUT2D eigenvalue weighted by atomic mass is 35.5. The number of ether oxygens (including phenoxy) is 1. The number of methoxy groups -OCH3 is 1. The maximum atomic E-state index is 13.1. The summed E-state index contributed by atoms with van der Waals surface area (Å²) in [6.45, 7) is 6.16. The second-order valence-corrected chi connectivity index (χ2v) is 8.89. The van der Waals surface area contributed by atoms with E-state index in [1.54, 1.807) is 42.7 Å². The molecule has 0 atom stereocenters. The third kappa shape index (κ3) is 6.42. The molecule has 1 aliphatic rings. The van der Waals surface area contributed by atoms with Crippen LogP contribution in [0.3, 0.4) is 0 Å². The van der Waals surface area contributed by atoms with Gasteiger partial charge < -0.3 is 19.8 Å². The van der Waals surface area contributed by atoms with Gasteiger partial charge in [-0.1, -0.05) is 23.7 Å². The zero-order valence-corrected chi connectivity index (χ0v) is 20.6. The zero-order chi connectivity index (χ0) is 24.8. The number of carbonyl (C=O) groups excluding carboxylic acids is 2. The number of piperazine rings is 1. The first-order chi connectivity index (χ1) is 16.9. The fourth-order valence-electron chi connectivity index (χ4n) is 4.03. The number of nitrogens with zero attached hydrogens (tertiary/aromatic N) is 2. The van der Waals surface area contributed by atoms with E-state index in [0.717, 1.165) is 44.0 Å². The molecule has 1 fully saturated rings. The Labute approximate surface area is 209 Å². The minimum absolute atomic E-state index is 0.162. The number of nitrogens with one attached hydrogen (secondary N) is 2. The molecule has 2 aromatic carbocycles. The molecule has 0 spiro atoms. The number of furan rings is 1. The van der Waals surface area contributed by atoms with E-state index < -0.39 is 0 Å². The normalized spacial score (nSPS) is 14.5. The van der Waals surface area contributed by atoms with Gasteiger partial charge >= 0.3 is 0 Å². The van der Waals surface area contributed by atoms with Crippen LogP contribution in [0.1, 0.15) is 21.7 Å². The molecule has 3 aromatic rings. The van der Waals surface area contributed by atoms with Crippen LogP contribution in [0.5, 0.6) is 5.75 Å². The molecular weight excluding hydrogens is 468 g/mol. The van der Waals surface area contributed by atoms with Gasteiger partial charge in [-0.05, 0) is 42.8 Å². The van der Waals surface area contributed by atoms with E-state index >= 15 is 0 Å². The van der Waals surface area contributed by atoms with Gasteiger partial charge in [-0.25, -0.2) is 0 Å². The highest BCUT2D eigenvalue weighted by molar-refractivity contribution is 6.31. The molecule has 2 heterocycles. The molecule has 184 valence electrons. The highest BCUT2D eigenvalue weighted by Gasteiger charge is 2.21. The van der Waals surface area contributed by atoms with E-state index in [-0.39, 0.29) is 18.4 Å². The molecule has 0 unspecified atom stereocenters. The topological polar surface area (TPSA) is 87.0 Å². The molecule has 4 rings (SSSR count). The molecule has 1 saturated heterocycles. The first kappa shape index (κ1) is 24.8. The van der Waals surface area contributed by atoms with Gasteiger partial charge in [0.05, 0.1) is 43.4 Å². The van der Waals surface area contributed by atoms with Crippen molar-refractivity contribution in [3.05, 3.63) is 76.7 Å². The van der Waals surface area contributed by atoms with Crippen molar-refractivity contribution in [3.8, 4) is 5.75 Å². The molecule has 0 bridgehead atoms. The summed E-state index contributed by atoms with van der Waals surface area (Å²) in [7, 11) is 1.52. The summed E-state index contributed by atoms with van der Waals surface area (Å²) in [5.41, 5.74) is 2.14. The van der Waals surface area contributed by atoms with Gasteiger partial charge in [-0.15, -0.1) is 0 Å². The Morgan fingerprint density at radius 1 is 1.00 bits per heavy atom. The van der Waals surface area contributed by atoms with Crippen LogP contribution >= 0.6 is 11.6 Å². The van der Waals surface area contributed by atoms with E-state index in [4.69, 9.17) is 20.8 Å². The molecule has 1 aliphatic heterocycles. The maximum absolute atomic E-state index is 13.1. The molecule has 0 radical (unpaired) electrons. The van der Waals surface area contributed by atoms with Crippen molar-refractivity contribution in [2.24, 2.45) is 0 Å². The second-order valence-electron chi connectivity index (χ2n) is 8.48. The number of carbonyl (C=O) groups is 2. The largest absolute Gasteiger partial charge is 0.495 e. The van der Waals surface area contributed by atoms with Crippen LogP contribution < -0.4 is 15.4 Å². The molecule has 2 amide bonds. The number of anilines is 2. The monoisotopic (exact) mass is 496 g/mol. The van der Waals surface area contributed by atoms with Gasteiger partial charge in [0, 0.05) is 37.3 Å². The molecule has 0 saturated carbocycles. The number of amides is 2. The number of hydrogen-bond donors (Lipinski definition) is 2. The summed E-state index contributed by atoms with van der Waals surface area (Å²) in [5, 5.41) is 6.32. The number of rotatable bonds is 8. The SMILES string of the molecule is COc1cc(Cl)c(C)cc1NC(=O)c1ccccc1NC(=O)CN1CCN(Cc2ccco2)CC1. The minimum Gasteiger partial charge on any atom is -0.495 e. The van der Waals surface area contributed by atoms with E-state index in [0.29, 0.717) is 27.7 Å². The van der Waals surface area contributed by atoms with Crippen molar-refractivity contribution < 1.29 is 18.7 Å². The Morgan fingerprint density at radius 3 is 2.46 bits per heavy atom. The van der Waals surface area contributed by atoms with Crippen molar-refractivity contribution in [3.63, 3.8) is 0 Å². The fraction of sp³-hybridized carbons (Fsp3) is 0.308. The summed E-state index contributed by atoms with van der Waals surface area (Å²) in [4.78, 5) is 30.3. The third-order valence-corrected chi connectivity index (χ3v) is 6.37. The predicted octanol–water partition coefficient (Wildman–Crippen LogP) is 4.26. The Balaban J connectivity index is 1.35. The summed E-state index contributed by atoms with van der Waals surface area (Å²) >= 11 is 6.17. The Hall–Kier alpha value is -3.33. The number of aryl methyl sites for hydroxylation is 1. The van der Waals surface area contributed by atoms with Gasteiger partial charge in [-0.2, -0.15) is 0 Å². The van der Waals surface area contributed by atoms with Gasteiger partial charge in [0.25, 0.3) is 5.91 Å². The second kappa shape index (κ2) is 11.4. The highest BCUT2D eigenvalue weighted by Crippen LogP contribution is 2.31. The lowest BCUT2D eigenvalue weighted by molar-refractivity contribution is -0.117. The molecular formula is C26H29ClN4O4. The van der Waals surface area contributed by atoms with Crippen molar-refractivity contribution in [2.45, 2.75) is 13.5 Å². The van der Waals surface area contributed by atoms with E-state index in [2.05, 4.69) is 20.4 Å². The molecule has 0 aliphatic carbocycles. The summed E-state index contributed by atoms with van der Waals surface area (Å²) in [6, 6.07) is 14.2. The van der Waals surface area contributed by atoms with E-state index in [9.17, 15) is 9.59 Å². The smallest absolute Gasteiger partial charge is 0.257 e. The average Bonchev–Trinajstić information content (AvgIpc) is 3.36. The number of para-hydroxylation sites is 1. The molecule has 8 nitrogen and oxygen atoms in total. The molecule has 1 aromatic heterocycles. The first-order valence-electron chi connectivity index (χ1n) is 11.4. The summed E-state index contributed by atoms with van der Waals surface area (Å²) in [5.74, 6) is 0.885. The Kier molecular flexibility index (Phi) is 8.07. The lowest BCUT2D eigenvalue weighted by atomic mass is 10.1. The van der Waals surface area contributed by atoms with Crippen molar-refractivity contribution in [1.29, 1.82) is 0 Å². The predicted molar refractivity (Wildman–Crippen MR) is 136 cm³/mol. The third-order valence-electron chi connectivity index (χ3n) is 5.97. The van der Waals surface area contributed by atoms with Crippen molar-refractivity contribution in [1.82, 2.24) is 9.80 Å². The van der Waals surface area contributed by atoms with Gasteiger partial charge in [0.2, 0.25) is 5.91 Å². The number of benzene rings is 2. The lowest BCUT2D eigenvalue weighted by Gasteiger charge is -2.33. The van der Waals surface area contributed by atoms with Gasteiger partial charge in [0.1, 0.15) is 11.5 Å². The number of hydrogen-bond acceptors (Lipinski definition) is 6. The van der Waals surface area contributed by atoms with Crippen LogP contribution in [-0.2, 0) is 11.3 Å². The molecule has 2 N–H and O–H groups in total. The lowest BCUT2D eigenvalue weighted by Crippen LogP contribution is -2.48. The standard InChI is InChI=1S/C26H29ClN4O4/c1-18-14-23(24(34-2)15-21(18)27)29-26(33)20-7-3-4-8-22(20)28-25(32)17-31-11-9-30(10-12-31)16-19-6-5-13-35-19/h3-8,13-15H,9-12,16-17H2,1-2H3,(H,28,32)(H,29,33). The van der Waals surface area contributed by atoms with Crippen molar-refractivity contribution >= 4 is 34.8 Å². The van der Waals surface area contributed by atoms with Crippen LogP contribution in [0.15, 0.2) is 59.2 Å². The average molecular weight is 497 g/mol. The maximum Gasteiger partial charge on any atom is 0.257 e. The quantitative estimate of drug-likeness (QED) is 0.484. The van der Waals surface area contributed by atoms with Gasteiger partial charge in [-0.3, -0.25) is 19.4 Å². The van der Waals surface area contributed by atoms with E-state index in [1.807, 2.05) is 19.1 Å². The van der Waals surface area contributed by atoms with Crippen LogP contribution in [0, 0.1) is 6.92 Å². The Morgan fingerprint density at radius 2 is 1.74 bits per heavy atom. The van der Waals surface area contributed by atoms with Crippen molar-refractivity contribution in [2.75, 3.05) is 50.5 Å².